The van der Waals surface area contributed by atoms with Gasteiger partial charge < -0.3 is 5.32 Å². The third kappa shape index (κ3) is 6.15. The van der Waals surface area contributed by atoms with Crippen LogP contribution in [0.2, 0.25) is 0 Å². The van der Waals surface area contributed by atoms with Crippen molar-refractivity contribution in [2.45, 2.75) is 18.5 Å². The van der Waals surface area contributed by atoms with Gasteiger partial charge in [0.25, 0.3) is 5.91 Å². The van der Waals surface area contributed by atoms with Crippen molar-refractivity contribution in [2.24, 2.45) is 0 Å². The largest absolute Gasteiger partial charge is 0.342 e. The number of hydrogen-bond donors (Lipinski definition) is 1. The van der Waals surface area contributed by atoms with Crippen molar-refractivity contribution in [3.05, 3.63) is 210 Å². The molecule has 1 amide bonds. The molecule has 264 valence electrons. The van der Waals surface area contributed by atoms with Crippen LogP contribution in [0.3, 0.4) is 0 Å². The summed E-state index contributed by atoms with van der Waals surface area (Å²) in [5, 5.41) is 7.56. The second-order valence-corrected chi connectivity index (χ2v) is 13.0. The number of ketones is 1. The van der Waals surface area contributed by atoms with Gasteiger partial charge in [-0.25, -0.2) is 13.8 Å². The third-order valence-electron chi connectivity index (χ3n) is 9.72. The van der Waals surface area contributed by atoms with E-state index in [0.717, 1.165) is 27.8 Å². The molecule has 0 aliphatic rings. The maximum Gasteiger partial charge on any atom is 0.254 e. The maximum absolute atomic E-state index is 15.6. The van der Waals surface area contributed by atoms with Gasteiger partial charge in [0.05, 0.1) is 29.7 Å². The van der Waals surface area contributed by atoms with Crippen molar-refractivity contribution in [2.75, 3.05) is 0 Å². The summed E-state index contributed by atoms with van der Waals surface area (Å²) in [6.07, 6.45) is 7.48. The van der Waals surface area contributed by atoms with Crippen LogP contribution in [-0.4, -0.2) is 36.9 Å². The van der Waals surface area contributed by atoms with Crippen molar-refractivity contribution < 1.29 is 18.4 Å². The first-order valence-electron chi connectivity index (χ1n) is 17.4. The Morgan fingerprint density at radius 3 is 1.85 bits per heavy atom. The van der Waals surface area contributed by atoms with Crippen LogP contribution >= 0.6 is 0 Å². The Morgan fingerprint density at radius 1 is 0.667 bits per heavy atom. The van der Waals surface area contributed by atoms with E-state index in [1.54, 1.807) is 12.3 Å². The molecule has 7 nitrogen and oxygen atoms in total. The van der Waals surface area contributed by atoms with E-state index in [4.69, 9.17) is 5.10 Å². The molecule has 54 heavy (non-hydrogen) atoms. The lowest BCUT2D eigenvalue weighted by Crippen LogP contribution is -2.38. The number of rotatable bonds is 10. The summed E-state index contributed by atoms with van der Waals surface area (Å²) in [6.45, 7) is 1.50. The zero-order chi connectivity index (χ0) is 37.2. The first-order valence-corrected chi connectivity index (χ1v) is 17.4. The number of amides is 1. The highest BCUT2D eigenvalue weighted by atomic mass is 19.1. The van der Waals surface area contributed by atoms with Crippen LogP contribution in [0.15, 0.2) is 170 Å². The summed E-state index contributed by atoms with van der Waals surface area (Å²) in [4.78, 5) is 30.4. The molecule has 0 radical (unpaired) electrons. The fourth-order valence-corrected chi connectivity index (χ4v) is 7.02. The van der Waals surface area contributed by atoms with Crippen molar-refractivity contribution >= 4 is 17.3 Å². The maximum atomic E-state index is 15.6. The number of pyridine rings is 1. The number of nitrogens with one attached hydrogen (secondary N) is 1. The SMILES string of the molecule is CC(NC(=O)c1ccc(-c2cnc3ccc(-c4cnn(C(c5ccccc5)(c5ccccc5)c5ccccc5)c4)cn23)cc1F)C(=O)c1ccc(F)cc1. The number of fused-ring (bicyclic) bond motifs is 1. The molecule has 0 aliphatic carbocycles. The lowest BCUT2D eigenvalue weighted by Gasteiger charge is -2.36. The minimum atomic E-state index is -0.957. The monoisotopic (exact) mass is 713 g/mol. The Morgan fingerprint density at radius 2 is 1.26 bits per heavy atom. The van der Waals surface area contributed by atoms with Gasteiger partial charge in [0.15, 0.2) is 5.78 Å². The van der Waals surface area contributed by atoms with Gasteiger partial charge in [-0.05, 0) is 72.1 Å². The average molecular weight is 714 g/mol. The Balaban J connectivity index is 1.12. The number of hydrogen-bond acceptors (Lipinski definition) is 4. The Bertz CT molecular complexity index is 2510. The predicted octanol–water partition coefficient (Wildman–Crippen LogP) is 8.98. The molecule has 1 N–H and O–H groups in total. The molecule has 0 bridgehead atoms. The van der Waals surface area contributed by atoms with E-state index in [1.165, 1.54) is 43.3 Å². The van der Waals surface area contributed by atoms with Gasteiger partial charge >= 0.3 is 0 Å². The van der Waals surface area contributed by atoms with Gasteiger partial charge in [0, 0.05) is 34.6 Å². The van der Waals surface area contributed by atoms with E-state index in [0.29, 0.717) is 16.9 Å². The van der Waals surface area contributed by atoms with Gasteiger partial charge in [0.2, 0.25) is 0 Å². The van der Waals surface area contributed by atoms with E-state index in [9.17, 15) is 14.0 Å². The number of nitrogens with zero attached hydrogens (tertiary/aromatic N) is 4. The van der Waals surface area contributed by atoms with Crippen LogP contribution in [0.4, 0.5) is 8.78 Å². The third-order valence-corrected chi connectivity index (χ3v) is 9.72. The van der Waals surface area contributed by atoms with E-state index in [2.05, 4.69) is 46.7 Å². The zero-order valence-corrected chi connectivity index (χ0v) is 29.1. The number of carbonyl (C=O) groups is 2. The lowest BCUT2D eigenvalue weighted by atomic mass is 9.77. The van der Waals surface area contributed by atoms with Crippen molar-refractivity contribution in [1.29, 1.82) is 0 Å². The fraction of sp³-hybridized carbons (Fsp3) is 0.0667. The van der Waals surface area contributed by atoms with Crippen molar-refractivity contribution in [3.8, 4) is 22.4 Å². The van der Waals surface area contributed by atoms with Crippen LogP contribution in [0.1, 0.15) is 44.3 Å². The second kappa shape index (κ2) is 14.2. The summed E-state index contributed by atoms with van der Waals surface area (Å²) in [6, 6.07) is 43.2. The quantitative estimate of drug-likeness (QED) is 0.113. The fourth-order valence-electron chi connectivity index (χ4n) is 7.02. The van der Waals surface area contributed by atoms with Crippen LogP contribution in [0.5, 0.6) is 0 Å². The van der Waals surface area contributed by atoms with E-state index < -0.39 is 34.9 Å². The minimum absolute atomic E-state index is 0.210. The highest BCUT2D eigenvalue weighted by molar-refractivity contribution is 6.04. The summed E-state index contributed by atoms with van der Waals surface area (Å²) in [5.74, 6) is -2.38. The van der Waals surface area contributed by atoms with Crippen molar-refractivity contribution in [1.82, 2.24) is 24.5 Å². The molecule has 0 fully saturated rings. The van der Waals surface area contributed by atoms with E-state index in [1.807, 2.05) is 94.4 Å². The predicted molar refractivity (Wildman–Crippen MR) is 204 cm³/mol. The molecule has 0 saturated heterocycles. The normalized spacial score (nSPS) is 12.1. The molecular formula is C45H33F2N5O2. The highest BCUT2D eigenvalue weighted by Crippen LogP contribution is 2.41. The Labute approximate surface area is 310 Å². The molecule has 1 unspecified atom stereocenters. The van der Waals surface area contributed by atoms with Crippen LogP contribution < -0.4 is 5.32 Å². The summed E-state index contributed by atoms with van der Waals surface area (Å²) >= 11 is 0. The van der Waals surface area contributed by atoms with Crippen LogP contribution in [-0.2, 0) is 5.54 Å². The molecule has 9 heteroatoms. The van der Waals surface area contributed by atoms with Crippen molar-refractivity contribution in [3.63, 3.8) is 0 Å². The molecule has 8 rings (SSSR count). The first kappa shape index (κ1) is 34.1. The van der Waals surface area contributed by atoms with E-state index >= 15 is 4.39 Å². The summed E-state index contributed by atoms with van der Waals surface area (Å²) < 4.78 is 32.8. The molecule has 8 aromatic rings. The smallest absolute Gasteiger partial charge is 0.254 e. The summed E-state index contributed by atoms with van der Waals surface area (Å²) in [7, 11) is 0. The molecular weight excluding hydrogens is 681 g/mol. The first-order chi connectivity index (χ1) is 26.3. The van der Waals surface area contributed by atoms with Gasteiger partial charge in [-0.1, -0.05) is 97.1 Å². The Hall–Kier alpha value is -7.00. The highest BCUT2D eigenvalue weighted by Gasteiger charge is 2.39. The average Bonchev–Trinajstić information content (AvgIpc) is 3.88. The molecule has 0 aliphatic heterocycles. The standard InChI is InChI=1S/C45H33F2N5O2/c1-30(43(53)31-17-21-38(46)22-18-31)50-44(54)39-23-19-32(25-40(39)47)41-27-48-42-24-20-33(28-51(41)42)34-26-49-52(29-34)45(35-11-5-2-6-12-35,36-13-7-3-8-14-36)37-15-9-4-10-16-37/h2-30H,1H3,(H,50,54). The van der Waals surface area contributed by atoms with Gasteiger partial charge in [0.1, 0.15) is 22.8 Å². The minimum Gasteiger partial charge on any atom is -0.342 e. The van der Waals surface area contributed by atoms with Gasteiger partial charge in [-0.15, -0.1) is 0 Å². The number of Topliss-reactive ketones (excluding diaryl/α,β-unsaturated/α-hetero) is 1. The van der Waals surface area contributed by atoms with Gasteiger partial charge in [-0.2, -0.15) is 5.10 Å². The molecule has 5 aromatic carbocycles. The van der Waals surface area contributed by atoms with Gasteiger partial charge in [-0.3, -0.25) is 18.7 Å². The molecule has 3 heterocycles. The molecule has 3 aromatic heterocycles. The molecule has 0 spiro atoms. The number of carbonyl (C=O) groups excluding carboxylic acids is 2. The number of imidazole rings is 1. The zero-order valence-electron chi connectivity index (χ0n) is 29.1. The Kier molecular flexibility index (Phi) is 8.97. The number of halogens is 2. The molecule has 0 saturated carbocycles. The number of aromatic nitrogens is 4. The number of benzene rings is 5. The topological polar surface area (TPSA) is 81.3 Å². The van der Waals surface area contributed by atoms with Crippen LogP contribution in [0, 0.1) is 11.6 Å². The molecule has 1 atom stereocenters. The summed E-state index contributed by atoms with van der Waals surface area (Å²) in [5.41, 5.74) is 5.94. The second-order valence-electron chi connectivity index (χ2n) is 13.0. The lowest BCUT2D eigenvalue weighted by molar-refractivity contribution is 0.0863. The van der Waals surface area contributed by atoms with E-state index in [-0.39, 0.29) is 11.1 Å². The van der Waals surface area contributed by atoms with Crippen LogP contribution in [0.25, 0.3) is 28.0 Å².